The normalized spacial score (nSPS) is 25.0. The average Bonchev–Trinajstić information content (AvgIpc) is 3.38. The standard InChI is InChI=1S/C47H33N3/c1-25-17-19-33-30(22-25)42-39-26(10-8-14-34(39)46(33,2)3)23-32-41(42)35-13-6-7-21-47(35)44(32)50(47)27-18-20-37-31(24-27)40-28-11-9-12-29(28)43(40)45-48-36-15-4-5-16-38(36)49(37)45/h4-24,28,35,44H,1-3H3/t28?,35?,44-,47?,50?/m1/s1. The minimum atomic E-state index is -0.104. The molecule has 3 unspecified atom stereocenters. The van der Waals surface area contributed by atoms with Crippen LogP contribution in [0.1, 0.15) is 70.7 Å². The van der Waals surface area contributed by atoms with Gasteiger partial charge >= 0.3 is 0 Å². The van der Waals surface area contributed by atoms with Gasteiger partial charge in [0.2, 0.25) is 0 Å². The molecular weight excluding hydrogens is 607 g/mol. The van der Waals surface area contributed by atoms with E-state index in [4.69, 9.17) is 4.98 Å². The third kappa shape index (κ3) is 2.71. The van der Waals surface area contributed by atoms with E-state index in [0.29, 0.717) is 12.0 Å². The summed E-state index contributed by atoms with van der Waals surface area (Å²) in [5.74, 6) is 0.632. The number of aryl methyl sites for hydroxylation is 1. The fraction of sp³-hybridized carbons (Fsp3) is 0.170. The Labute approximate surface area is 290 Å². The summed E-state index contributed by atoms with van der Waals surface area (Å²) in [6.45, 7) is 7.06. The molecule has 5 aromatic carbocycles. The van der Waals surface area contributed by atoms with E-state index >= 15 is 0 Å². The molecule has 2 aromatic heterocycles. The van der Waals surface area contributed by atoms with Crippen molar-refractivity contribution in [1.29, 1.82) is 0 Å². The van der Waals surface area contributed by atoms with E-state index in [1.54, 1.807) is 0 Å². The average molecular weight is 640 g/mol. The Kier molecular flexibility index (Phi) is 4.30. The molecule has 0 bridgehead atoms. The summed E-state index contributed by atoms with van der Waals surface area (Å²) in [6, 6.07) is 32.8. The summed E-state index contributed by atoms with van der Waals surface area (Å²) in [7, 11) is 0. The molecule has 5 aliphatic carbocycles. The summed E-state index contributed by atoms with van der Waals surface area (Å²) in [4.78, 5) is 7.91. The highest BCUT2D eigenvalue weighted by Crippen LogP contribution is 2.72. The van der Waals surface area contributed by atoms with Crippen molar-refractivity contribution in [1.82, 2.24) is 9.38 Å². The lowest BCUT2D eigenvalue weighted by molar-refractivity contribution is 0.643. The first-order valence-electron chi connectivity index (χ1n) is 18.1. The van der Waals surface area contributed by atoms with Crippen molar-refractivity contribution in [2.24, 2.45) is 0 Å². The molecule has 50 heavy (non-hydrogen) atoms. The van der Waals surface area contributed by atoms with E-state index in [1.165, 1.54) is 88.5 Å². The number of aromatic nitrogens is 2. The number of allylic oxidation sites excluding steroid dienone is 6. The van der Waals surface area contributed by atoms with Crippen LogP contribution in [0.2, 0.25) is 0 Å². The van der Waals surface area contributed by atoms with Gasteiger partial charge in [-0.3, -0.25) is 4.40 Å². The Morgan fingerprint density at radius 2 is 1.68 bits per heavy atom. The number of hydrogen-bond donors (Lipinski definition) is 0. The van der Waals surface area contributed by atoms with Crippen LogP contribution >= 0.6 is 0 Å². The fourth-order valence-electron chi connectivity index (χ4n) is 11.2. The first kappa shape index (κ1) is 26.2. The van der Waals surface area contributed by atoms with Crippen LogP contribution in [0.15, 0.2) is 127 Å². The molecule has 1 fully saturated rings. The summed E-state index contributed by atoms with van der Waals surface area (Å²) >= 11 is 0. The zero-order chi connectivity index (χ0) is 32.8. The monoisotopic (exact) mass is 639 g/mol. The molecule has 236 valence electrons. The van der Waals surface area contributed by atoms with Crippen LogP contribution in [0, 0.1) is 6.92 Å². The van der Waals surface area contributed by atoms with Gasteiger partial charge in [0.15, 0.2) is 0 Å². The van der Waals surface area contributed by atoms with E-state index in [2.05, 4.69) is 158 Å². The predicted molar refractivity (Wildman–Crippen MR) is 205 cm³/mol. The van der Waals surface area contributed by atoms with Gasteiger partial charge in [-0.25, -0.2) is 4.98 Å². The van der Waals surface area contributed by atoms with Crippen molar-refractivity contribution in [2.75, 3.05) is 4.90 Å². The van der Waals surface area contributed by atoms with Gasteiger partial charge in [-0.2, -0.15) is 0 Å². The number of benzene rings is 5. The summed E-state index contributed by atoms with van der Waals surface area (Å²) in [5, 5.41) is 4.17. The molecule has 6 aliphatic rings. The molecule has 13 rings (SSSR count). The fourth-order valence-corrected chi connectivity index (χ4v) is 11.2. The minimum absolute atomic E-state index is 0.0560. The molecule has 1 aliphatic heterocycles. The third-order valence-electron chi connectivity index (χ3n) is 13.3. The number of hydrogen-bond acceptors (Lipinski definition) is 2. The van der Waals surface area contributed by atoms with Crippen molar-refractivity contribution in [3.63, 3.8) is 0 Å². The summed E-state index contributed by atoms with van der Waals surface area (Å²) < 4.78 is 2.40. The van der Waals surface area contributed by atoms with Crippen LogP contribution in [0.4, 0.5) is 5.69 Å². The van der Waals surface area contributed by atoms with Gasteiger partial charge in [0, 0.05) is 33.9 Å². The Balaban J connectivity index is 1.07. The molecule has 7 aromatic rings. The number of imidazole rings is 1. The maximum absolute atomic E-state index is 5.18. The lowest BCUT2D eigenvalue weighted by Crippen LogP contribution is -2.27. The van der Waals surface area contributed by atoms with Gasteiger partial charge in [-0.15, -0.1) is 0 Å². The molecule has 3 heterocycles. The van der Waals surface area contributed by atoms with Gasteiger partial charge in [0.25, 0.3) is 0 Å². The highest BCUT2D eigenvalue weighted by atomic mass is 15.4. The predicted octanol–water partition coefficient (Wildman–Crippen LogP) is 11.0. The van der Waals surface area contributed by atoms with Crippen molar-refractivity contribution < 1.29 is 0 Å². The molecule has 1 spiro atoms. The number of pyridine rings is 1. The van der Waals surface area contributed by atoms with Gasteiger partial charge in [-0.05, 0) is 98.6 Å². The van der Waals surface area contributed by atoms with Crippen molar-refractivity contribution >= 4 is 49.6 Å². The Morgan fingerprint density at radius 3 is 2.62 bits per heavy atom. The van der Waals surface area contributed by atoms with Gasteiger partial charge < -0.3 is 4.90 Å². The molecule has 3 nitrogen and oxygen atoms in total. The molecular formula is C47H33N3. The molecule has 0 amide bonds. The largest absolute Gasteiger partial charge is 0.349 e. The van der Waals surface area contributed by atoms with Crippen molar-refractivity contribution in [2.45, 2.75) is 49.6 Å². The minimum Gasteiger partial charge on any atom is -0.349 e. The molecule has 0 saturated carbocycles. The van der Waals surface area contributed by atoms with Crippen molar-refractivity contribution in [3.05, 3.63) is 166 Å². The summed E-state index contributed by atoms with van der Waals surface area (Å²) in [6.07, 6.45) is 16.5. The van der Waals surface area contributed by atoms with Gasteiger partial charge in [0.1, 0.15) is 5.65 Å². The molecule has 0 radical (unpaired) electrons. The summed E-state index contributed by atoms with van der Waals surface area (Å²) in [5.41, 5.74) is 20.0. The van der Waals surface area contributed by atoms with Crippen LogP contribution in [0.3, 0.4) is 0 Å². The van der Waals surface area contributed by atoms with Crippen LogP contribution in [-0.2, 0) is 5.41 Å². The molecule has 1 saturated heterocycles. The Morgan fingerprint density at radius 1 is 0.760 bits per heavy atom. The highest BCUT2D eigenvalue weighted by Gasteiger charge is 2.71. The second-order valence-corrected chi connectivity index (χ2v) is 15.9. The quantitative estimate of drug-likeness (QED) is 0.167. The van der Waals surface area contributed by atoms with Crippen molar-refractivity contribution in [3.8, 4) is 11.1 Å². The number of para-hydroxylation sites is 2. The lowest BCUT2D eigenvalue weighted by atomic mass is 9.66. The molecule has 3 heteroatoms. The third-order valence-corrected chi connectivity index (χ3v) is 13.3. The topological polar surface area (TPSA) is 20.3 Å². The number of fused-ring (bicyclic) bond motifs is 17. The van der Waals surface area contributed by atoms with E-state index in [9.17, 15) is 0 Å². The number of anilines is 1. The van der Waals surface area contributed by atoms with E-state index in [-0.39, 0.29) is 16.9 Å². The molecule has 0 N–H and O–H groups in total. The maximum atomic E-state index is 5.18. The van der Waals surface area contributed by atoms with E-state index in [1.807, 2.05) is 0 Å². The zero-order valence-electron chi connectivity index (χ0n) is 28.2. The SMILES string of the molecule is Cc1ccc2c(c1)-c1c3c(cc4cccc(c14)C2(C)C)[C@H]1N(c2ccc4c(c2)c2c(c5nc6ccccc6n54)C4=CC=CC42)C12C=CC=CC32. The van der Waals surface area contributed by atoms with Gasteiger partial charge in [0.05, 0.1) is 28.1 Å². The second-order valence-electron chi connectivity index (χ2n) is 15.9. The Bertz CT molecular complexity index is 2950. The van der Waals surface area contributed by atoms with E-state index < -0.39 is 0 Å². The second kappa shape index (κ2) is 8.20. The van der Waals surface area contributed by atoms with Crippen LogP contribution in [0.5, 0.6) is 0 Å². The zero-order valence-corrected chi connectivity index (χ0v) is 28.2. The smallest absolute Gasteiger partial charge is 0.146 e. The van der Waals surface area contributed by atoms with Crippen LogP contribution < -0.4 is 4.90 Å². The first-order valence-corrected chi connectivity index (χ1v) is 18.1. The number of rotatable bonds is 1. The molecule has 4 atom stereocenters. The van der Waals surface area contributed by atoms with Crippen LogP contribution in [0.25, 0.3) is 55.1 Å². The van der Waals surface area contributed by atoms with E-state index in [0.717, 1.165) is 11.2 Å². The lowest BCUT2D eigenvalue weighted by Gasteiger charge is -2.38. The number of nitrogens with zero attached hydrogens (tertiary/aromatic N) is 3. The first-order chi connectivity index (χ1) is 24.5. The maximum Gasteiger partial charge on any atom is 0.146 e. The van der Waals surface area contributed by atoms with Gasteiger partial charge in [-0.1, -0.05) is 110 Å². The highest BCUT2D eigenvalue weighted by molar-refractivity contribution is 6.10. The Hall–Kier alpha value is -5.67. The van der Waals surface area contributed by atoms with Crippen LogP contribution in [-0.4, -0.2) is 14.9 Å².